The van der Waals surface area contributed by atoms with Crippen LogP contribution < -0.4 is 5.32 Å². The first-order valence-electron chi connectivity index (χ1n) is 4.87. The molecule has 0 aromatic carbocycles. The van der Waals surface area contributed by atoms with E-state index in [0.29, 0.717) is 19.1 Å². The highest BCUT2D eigenvalue weighted by molar-refractivity contribution is 4.75. The van der Waals surface area contributed by atoms with Gasteiger partial charge in [-0.3, -0.25) is 0 Å². The zero-order valence-electron chi connectivity index (χ0n) is 8.23. The van der Waals surface area contributed by atoms with Gasteiger partial charge in [-0.15, -0.1) is 0 Å². The lowest BCUT2D eigenvalue weighted by molar-refractivity contribution is -0.127. The van der Waals surface area contributed by atoms with Gasteiger partial charge in [0.25, 0.3) is 0 Å². The lowest BCUT2D eigenvalue weighted by Gasteiger charge is -2.28. The Labute approximate surface area is 81.8 Å². The average Bonchev–Trinajstić information content (AvgIpc) is 2.14. The maximum Gasteiger partial charge on any atom is 0.401 e. The highest BCUT2D eigenvalue weighted by Gasteiger charge is 2.29. The minimum Gasteiger partial charge on any atom is -0.381 e. The van der Waals surface area contributed by atoms with Crippen molar-refractivity contribution < 1.29 is 17.9 Å². The molecule has 0 spiro atoms. The summed E-state index contributed by atoms with van der Waals surface area (Å²) in [6, 6.07) is -0.0828. The monoisotopic (exact) mass is 211 g/mol. The number of halogens is 3. The largest absolute Gasteiger partial charge is 0.401 e. The molecule has 1 saturated heterocycles. The second-order valence-electron chi connectivity index (χ2n) is 3.73. The van der Waals surface area contributed by atoms with Crippen molar-refractivity contribution in [2.45, 2.75) is 32.0 Å². The van der Waals surface area contributed by atoms with Crippen molar-refractivity contribution in [3.63, 3.8) is 0 Å². The van der Waals surface area contributed by atoms with Gasteiger partial charge in [-0.2, -0.15) is 13.2 Å². The summed E-state index contributed by atoms with van der Waals surface area (Å²) in [7, 11) is 0. The van der Waals surface area contributed by atoms with E-state index in [0.717, 1.165) is 12.8 Å². The Morgan fingerprint density at radius 3 is 2.43 bits per heavy atom. The SMILES string of the molecule is CC(NCC(F)(F)F)C1CCOCC1. The fourth-order valence-electron chi connectivity index (χ4n) is 1.66. The number of ether oxygens (including phenoxy) is 1. The minimum absolute atomic E-state index is 0.0828. The number of hydrogen-bond acceptors (Lipinski definition) is 2. The van der Waals surface area contributed by atoms with Gasteiger partial charge in [0.2, 0.25) is 0 Å². The molecule has 1 fully saturated rings. The van der Waals surface area contributed by atoms with E-state index in [1.807, 2.05) is 6.92 Å². The molecule has 1 unspecified atom stereocenters. The molecule has 84 valence electrons. The first-order valence-corrected chi connectivity index (χ1v) is 4.87. The average molecular weight is 211 g/mol. The molecule has 0 saturated carbocycles. The van der Waals surface area contributed by atoms with E-state index < -0.39 is 12.7 Å². The normalized spacial score (nSPS) is 22.3. The molecular weight excluding hydrogens is 195 g/mol. The van der Waals surface area contributed by atoms with Crippen LogP contribution in [-0.4, -0.2) is 32.0 Å². The molecule has 0 bridgehead atoms. The Hall–Kier alpha value is -0.290. The quantitative estimate of drug-likeness (QED) is 0.770. The van der Waals surface area contributed by atoms with Gasteiger partial charge < -0.3 is 10.1 Å². The third kappa shape index (κ3) is 4.28. The second kappa shape index (κ2) is 4.98. The molecule has 0 aromatic rings. The van der Waals surface area contributed by atoms with Crippen molar-refractivity contribution in [2.75, 3.05) is 19.8 Å². The van der Waals surface area contributed by atoms with Gasteiger partial charge >= 0.3 is 6.18 Å². The number of rotatable bonds is 3. The molecular formula is C9H16F3NO. The maximum atomic E-state index is 11.9. The summed E-state index contributed by atoms with van der Waals surface area (Å²) in [5, 5.41) is 2.51. The Balaban J connectivity index is 2.23. The molecule has 14 heavy (non-hydrogen) atoms. The van der Waals surface area contributed by atoms with E-state index in [-0.39, 0.29) is 6.04 Å². The van der Waals surface area contributed by atoms with Gasteiger partial charge in [-0.05, 0) is 25.7 Å². The Bertz CT molecular complexity index is 166. The summed E-state index contributed by atoms with van der Waals surface area (Å²) in [4.78, 5) is 0. The van der Waals surface area contributed by atoms with E-state index in [9.17, 15) is 13.2 Å². The zero-order valence-corrected chi connectivity index (χ0v) is 8.23. The molecule has 1 rings (SSSR count). The highest BCUT2D eigenvalue weighted by atomic mass is 19.4. The Kier molecular flexibility index (Phi) is 4.19. The third-order valence-corrected chi connectivity index (χ3v) is 2.60. The van der Waals surface area contributed by atoms with Gasteiger partial charge in [0, 0.05) is 19.3 Å². The summed E-state index contributed by atoms with van der Waals surface area (Å²) in [5.74, 6) is 0.311. The van der Waals surface area contributed by atoms with Crippen molar-refractivity contribution in [1.29, 1.82) is 0 Å². The lowest BCUT2D eigenvalue weighted by Crippen LogP contribution is -2.41. The molecule has 5 heteroatoms. The molecule has 1 N–H and O–H groups in total. The van der Waals surface area contributed by atoms with Crippen LogP contribution in [-0.2, 0) is 4.74 Å². The van der Waals surface area contributed by atoms with Crippen molar-refractivity contribution in [2.24, 2.45) is 5.92 Å². The topological polar surface area (TPSA) is 21.3 Å². The molecule has 1 heterocycles. The molecule has 2 nitrogen and oxygen atoms in total. The van der Waals surface area contributed by atoms with Crippen LogP contribution in [0.1, 0.15) is 19.8 Å². The van der Waals surface area contributed by atoms with Gasteiger partial charge in [0.05, 0.1) is 6.54 Å². The van der Waals surface area contributed by atoms with Crippen LogP contribution in [0.3, 0.4) is 0 Å². The lowest BCUT2D eigenvalue weighted by atomic mass is 9.93. The summed E-state index contributed by atoms with van der Waals surface area (Å²) < 4.78 is 40.8. The van der Waals surface area contributed by atoms with Gasteiger partial charge in [-0.1, -0.05) is 0 Å². The number of alkyl halides is 3. The fraction of sp³-hybridized carbons (Fsp3) is 1.00. The van der Waals surface area contributed by atoms with E-state index in [1.54, 1.807) is 0 Å². The first kappa shape index (κ1) is 11.8. The first-order chi connectivity index (χ1) is 6.49. The van der Waals surface area contributed by atoms with Crippen LogP contribution in [0.15, 0.2) is 0 Å². The second-order valence-corrected chi connectivity index (χ2v) is 3.73. The zero-order chi connectivity index (χ0) is 10.6. The van der Waals surface area contributed by atoms with E-state index >= 15 is 0 Å². The number of hydrogen-bond donors (Lipinski definition) is 1. The predicted molar refractivity (Wildman–Crippen MR) is 47.1 cm³/mol. The molecule has 1 atom stereocenters. The van der Waals surface area contributed by atoms with Gasteiger partial charge in [-0.25, -0.2) is 0 Å². The van der Waals surface area contributed by atoms with Crippen LogP contribution in [0, 0.1) is 5.92 Å². The van der Waals surface area contributed by atoms with Crippen LogP contribution in [0.2, 0.25) is 0 Å². The van der Waals surface area contributed by atoms with E-state index in [2.05, 4.69) is 5.32 Å². The van der Waals surface area contributed by atoms with Crippen LogP contribution >= 0.6 is 0 Å². The minimum atomic E-state index is -4.11. The maximum absolute atomic E-state index is 11.9. The molecule has 0 radical (unpaired) electrons. The summed E-state index contributed by atoms with van der Waals surface area (Å²) in [6.45, 7) is 2.25. The molecule has 0 aliphatic carbocycles. The molecule has 0 aromatic heterocycles. The van der Waals surface area contributed by atoms with E-state index in [4.69, 9.17) is 4.74 Å². The third-order valence-electron chi connectivity index (χ3n) is 2.60. The van der Waals surface area contributed by atoms with Crippen molar-refractivity contribution in [3.8, 4) is 0 Å². The standard InChI is InChI=1S/C9H16F3NO/c1-7(13-6-9(10,11)12)8-2-4-14-5-3-8/h7-8,13H,2-6H2,1H3. The van der Waals surface area contributed by atoms with Gasteiger partial charge in [0.1, 0.15) is 0 Å². The smallest absolute Gasteiger partial charge is 0.381 e. The predicted octanol–water partition coefficient (Wildman–Crippen LogP) is 1.95. The van der Waals surface area contributed by atoms with Crippen LogP contribution in [0.5, 0.6) is 0 Å². The van der Waals surface area contributed by atoms with Crippen molar-refractivity contribution in [3.05, 3.63) is 0 Å². The van der Waals surface area contributed by atoms with Crippen molar-refractivity contribution in [1.82, 2.24) is 5.32 Å². The summed E-state index contributed by atoms with van der Waals surface area (Å²) >= 11 is 0. The summed E-state index contributed by atoms with van der Waals surface area (Å²) in [5.41, 5.74) is 0. The highest BCUT2D eigenvalue weighted by Crippen LogP contribution is 2.20. The Morgan fingerprint density at radius 1 is 1.36 bits per heavy atom. The molecule has 1 aliphatic rings. The van der Waals surface area contributed by atoms with Gasteiger partial charge in [0.15, 0.2) is 0 Å². The molecule has 1 aliphatic heterocycles. The van der Waals surface area contributed by atoms with Crippen molar-refractivity contribution >= 4 is 0 Å². The Morgan fingerprint density at radius 2 is 1.93 bits per heavy atom. The number of nitrogens with one attached hydrogen (secondary N) is 1. The van der Waals surface area contributed by atoms with Crippen LogP contribution in [0.4, 0.5) is 13.2 Å². The van der Waals surface area contributed by atoms with E-state index in [1.165, 1.54) is 0 Å². The summed E-state index contributed by atoms with van der Waals surface area (Å²) in [6.07, 6.45) is -2.41. The van der Waals surface area contributed by atoms with Crippen LogP contribution in [0.25, 0.3) is 0 Å². The molecule has 0 amide bonds. The fourth-order valence-corrected chi connectivity index (χ4v) is 1.66.